The zero-order chi connectivity index (χ0) is 26.7. The molecule has 0 aliphatic rings. The maximum atomic E-state index is 5.97. The van der Waals surface area contributed by atoms with Gasteiger partial charge in [-0.3, -0.25) is 0 Å². The van der Waals surface area contributed by atoms with Crippen LogP contribution in [0.5, 0.6) is 11.5 Å². The number of fused-ring (bicyclic) bond motifs is 1. The number of ether oxygens (including phenoxy) is 2. The Kier molecular flexibility index (Phi) is 13.8. The van der Waals surface area contributed by atoms with Crippen molar-refractivity contribution in [3.8, 4) is 35.2 Å². The highest BCUT2D eigenvalue weighted by Crippen LogP contribution is 2.22. The Balaban J connectivity index is 1.42. The maximum absolute atomic E-state index is 5.97. The number of benzene rings is 3. The third-order valence-corrected chi connectivity index (χ3v) is 6.68. The highest BCUT2D eigenvalue weighted by atomic mass is 16.5. The first-order valence-electron chi connectivity index (χ1n) is 14.7. The molecule has 0 N–H and O–H groups in total. The van der Waals surface area contributed by atoms with Gasteiger partial charge in [0.25, 0.3) is 0 Å². The molecule has 0 heterocycles. The molecule has 0 radical (unpaired) electrons. The van der Waals surface area contributed by atoms with Crippen LogP contribution < -0.4 is 9.47 Å². The van der Waals surface area contributed by atoms with Crippen LogP contribution in [0.25, 0.3) is 10.8 Å². The zero-order valence-electron chi connectivity index (χ0n) is 23.5. The van der Waals surface area contributed by atoms with Gasteiger partial charge in [-0.05, 0) is 84.0 Å². The van der Waals surface area contributed by atoms with Gasteiger partial charge in [-0.2, -0.15) is 0 Å². The summed E-state index contributed by atoms with van der Waals surface area (Å²) in [5, 5.41) is 2.33. The van der Waals surface area contributed by atoms with Crippen LogP contribution in [0.3, 0.4) is 0 Å². The molecule has 3 aromatic rings. The van der Waals surface area contributed by atoms with Crippen molar-refractivity contribution in [1.82, 2.24) is 0 Å². The predicted molar refractivity (Wildman–Crippen MR) is 162 cm³/mol. The molecule has 0 fully saturated rings. The summed E-state index contributed by atoms with van der Waals surface area (Å²) in [4.78, 5) is 0. The highest BCUT2D eigenvalue weighted by Gasteiger charge is 2.00. The Hall–Kier alpha value is -3.36. The third-order valence-electron chi connectivity index (χ3n) is 6.68. The largest absolute Gasteiger partial charge is 0.494 e. The van der Waals surface area contributed by atoms with E-state index in [9.17, 15) is 0 Å². The van der Waals surface area contributed by atoms with Gasteiger partial charge in [0, 0.05) is 11.1 Å². The smallest absolute Gasteiger partial charge is 0.119 e. The summed E-state index contributed by atoms with van der Waals surface area (Å²) in [6, 6.07) is 20.5. The molecule has 0 atom stereocenters. The number of hydrogen-bond donors (Lipinski definition) is 0. The van der Waals surface area contributed by atoms with Crippen LogP contribution >= 0.6 is 0 Å². The zero-order valence-corrected chi connectivity index (χ0v) is 23.5. The van der Waals surface area contributed by atoms with Crippen LogP contribution in [0.4, 0.5) is 0 Å². The van der Waals surface area contributed by atoms with Crippen LogP contribution in [-0.2, 0) is 0 Å². The molecular formula is C36H44O2. The lowest BCUT2D eigenvalue weighted by atomic mass is 10.1. The van der Waals surface area contributed by atoms with Crippen LogP contribution in [0.15, 0.2) is 60.7 Å². The first-order chi connectivity index (χ1) is 18.8. The summed E-state index contributed by atoms with van der Waals surface area (Å²) >= 11 is 0. The first-order valence-corrected chi connectivity index (χ1v) is 14.7. The fraction of sp³-hybridized carbons (Fsp3) is 0.444. The van der Waals surface area contributed by atoms with Crippen molar-refractivity contribution >= 4 is 10.8 Å². The molecule has 0 amide bonds. The van der Waals surface area contributed by atoms with Crippen molar-refractivity contribution in [2.24, 2.45) is 0 Å². The summed E-state index contributed by atoms with van der Waals surface area (Å²) in [5.74, 6) is 14.1. The van der Waals surface area contributed by atoms with Gasteiger partial charge < -0.3 is 9.47 Å². The van der Waals surface area contributed by atoms with E-state index in [0.29, 0.717) is 0 Å². The lowest BCUT2D eigenvalue weighted by molar-refractivity contribution is 0.304. The second kappa shape index (κ2) is 18.0. The number of hydrogen-bond acceptors (Lipinski definition) is 2. The van der Waals surface area contributed by atoms with E-state index in [1.165, 1.54) is 69.6 Å². The molecule has 3 aromatic carbocycles. The minimum Gasteiger partial charge on any atom is -0.494 e. The van der Waals surface area contributed by atoms with Crippen molar-refractivity contribution < 1.29 is 9.47 Å². The SMILES string of the molecule is CCCCCCCCOc1ccc(C#CC#Cc2ccc3cc(OCCCCCCCC)ccc3c2)cc1. The molecule has 2 nitrogen and oxygen atoms in total. The van der Waals surface area contributed by atoms with Crippen molar-refractivity contribution in [3.63, 3.8) is 0 Å². The van der Waals surface area contributed by atoms with Gasteiger partial charge in [0.15, 0.2) is 0 Å². The normalized spacial score (nSPS) is 10.4. The number of unbranched alkanes of at least 4 members (excludes halogenated alkanes) is 10. The summed E-state index contributed by atoms with van der Waals surface area (Å²) in [6.07, 6.45) is 15.3. The van der Waals surface area contributed by atoms with Gasteiger partial charge in [-0.25, -0.2) is 0 Å². The molecular weight excluding hydrogens is 464 g/mol. The molecule has 0 aromatic heterocycles. The molecule has 0 bridgehead atoms. The van der Waals surface area contributed by atoms with E-state index in [1.54, 1.807) is 0 Å². The highest BCUT2D eigenvalue weighted by molar-refractivity contribution is 5.85. The molecule has 3 rings (SSSR count). The van der Waals surface area contributed by atoms with Crippen molar-refractivity contribution in [2.45, 2.75) is 90.9 Å². The molecule has 0 aliphatic heterocycles. The monoisotopic (exact) mass is 508 g/mol. The van der Waals surface area contributed by atoms with Crippen LogP contribution in [0.2, 0.25) is 0 Å². The second-order valence-corrected chi connectivity index (χ2v) is 9.98. The molecule has 0 saturated heterocycles. The van der Waals surface area contributed by atoms with E-state index in [4.69, 9.17) is 9.47 Å². The van der Waals surface area contributed by atoms with E-state index in [2.05, 4.69) is 67.9 Å². The molecule has 38 heavy (non-hydrogen) atoms. The molecule has 0 unspecified atom stereocenters. The fourth-order valence-electron chi connectivity index (χ4n) is 4.38. The summed E-state index contributed by atoms with van der Waals surface area (Å²) in [6.45, 7) is 6.06. The molecule has 0 aliphatic carbocycles. The van der Waals surface area contributed by atoms with Gasteiger partial charge in [-0.1, -0.05) is 102 Å². The van der Waals surface area contributed by atoms with Crippen LogP contribution in [0.1, 0.15) is 102 Å². The van der Waals surface area contributed by atoms with E-state index in [1.807, 2.05) is 30.3 Å². The third kappa shape index (κ3) is 11.4. The van der Waals surface area contributed by atoms with E-state index in [0.717, 1.165) is 54.1 Å². The molecule has 2 heteroatoms. The fourth-order valence-corrected chi connectivity index (χ4v) is 4.38. The standard InChI is InChI=1S/C36H44O2/c1-3-5-7-9-11-15-27-37-35-24-20-31(21-25-35)17-13-14-18-32-19-22-34-30-36(26-23-33(34)29-32)38-28-16-12-10-8-6-4-2/h19-26,29-30H,3-12,15-16,27-28H2,1-2H3. The van der Waals surface area contributed by atoms with E-state index < -0.39 is 0 Å². The van der Waals surface area contributed by atoms with Crippen molar-refractivity contribution in [3.05, 3.63) is 71.8 Å². The lowest BCUT2D eigenvalue weighted by Gasteiger charge is -2.07. The van der Waals surface area contributed by atoms with E-state index in [-0.39, 0.29) is 0 Å². The Morgan fingerprint density at radius 2 is 0.947 bits per heavy atom. The summed E-state index contributed by atoms with van der Waals surface area (Å²) in [5.41, 5.74) is 1.91. The quantitative estimate of drug-likeness (QED) is 0.142. The van der Waals surface area contributed by atoms with Gasteiger partial charge >= 0.3 is 0 Å². The lowest BCUT2D eigenvalue weighted by Crippen LogP contribution is -1.97. The Morgan fingerprint density at radius 1 is 0.474 bits per heavy atom. The van der Waals surface area contributed by atoms with Crippen LogP contribution in [-0.4, -0.2) is 13.2 Å². The predicted octanol–water partition coefficient (Wildman–Crippen LogP) is 9.72. The molecule has 0 saturated carbocycles. The second-order valence-electron chi connectivity index (χ2n) is 9.98. The number of rotatable bonds is 16. The summed E-state index contributed by atoms with van der Waals surface area (Å²) < 4.78 is 11.8. The van der Waals surface area contributed by atoms with E-state index >= 15 is 0 Å². The Morgan fingerprint density at radius 3 is 1.61 bits per heavy atom. The average Bonchev–Trinajstić information content (AvgIpc) is 2.95. The maximum Gasteiger partial charge on any atom is 0.119 e. The van der Waals surface area contributed by atoms with Crippen molar-refractivity contribution in [2.75, 3.05) is 13.2 Å². The average molecular weight is 509 g/mol. The Bertz CT molecular complexity index is 1200. The van der Waals surface area contributed by atoms with Crippen molar-refractivity contribution in [1.29, 1.82) is 0 Å². The topological polar surface area (TPSA) is 18.5 Å². The Labute approximate surface area is 231 Å². The minimum absolute atomic E-state index is 0.780. The van der Waals surface area contributed by atoms with Crippen LogP contribution in [0, 0.1) is 23.7 Å². The summed E-state index contributed by atoms with van der Waals surface area (Å²) in [7, 11) is 0. The molecule has 0 spiro atoms. The first kappa shape index (κ1) is 29.2. The van der Waals surface area contributed by atoms with Gasteiger partial charge in [0.2, 0.25) is 0 Å². The molecule has 200 valence electrons. The van der Waals surface area contributed by atoms with Gasteiger partial charge in [0.1, 0.15) is 11.5 Å². The van der Waals surface area contributed by atoms with Gasteiger partial charge in [-0.15, -0.1) is 0 Å². The van der Waals surface area contributed by atoms with Gasteiger partial charge in [0.05, 0.1) is 13.2 Å². The minimum atomic E-state index is 0.780.